The van der Waals surface area contributed by atoms with Crippen LogP contribution < -0.4 is 10.6 Å². The topological polar surface area (TPSA) is 59.0 Å². The summed E-state index contributed by atoms with van der Waals surface area (Å²) in [7, 11) is 0. The van der Waals surface area contributed by atoms with E-state index in [-0.39, 0.29) is 18.0 Å². The summed E-state index contributed by atoms with van der Waals surface area (Å²) in [6.07, 6.45) is 9.01. The quantitative estimate of drug-likeness (QED) is 0.763. The average molecular weight is 262 g/mol. The number of carbonyl (C=O) groups is 1. The SMILES string of the molecule is C#C[C@@H](NC(=O)NC[C@@H](C)Cn1cccn1)C(C)C. The second-order valence-corrected chi connectivity index (χ2v) is 5.08. The molecule has 0 aliphatic carbocycles. The molecule has 0 aliphatic rings. The average Bonchev–Trinajstić information content (AvgIpc) is 2.85. The second-order valence-electron chi connectivity index (χ2n) is 5.08. The molecule has 2 amide bonds. The minimum atomic E-state index is -0.235. The summed E-state index contributed by atoms with van der Waals surface area (Å²) in [5, 5.41) is 9.73. The van der Waals surface area contributed by atoms with Gasteiger partial charge in [-0.1, -0.05) is 26.7 Å². The molecule has 2 N–H and O–H groups in total. The maximum atomic E-state index is 11.7. The molecule has 0 fully saturated rings. The number of hydrogen-bond acceptors (Lipinski definition) is 2. The van der Waals surface area contributed by atoms with Crippen LogP contribution in [0.5, 0.6) is 0 Å². The van der Waals surface area contributed by atoms with E-state index in [2.05, 4.69) is 28.6 Å². The number of aromatic nitrogens is 2. The summed E-state index contributed by atoms with van der Waals surface area (Å²) >= 11 is 0. The van der Waals surface area contributed by atoms with Crippen LogP contribution in [0.1, 0.15) is 20.8 Å². The molecule has 5 nitrogen and oxygen atoms in total. The molecule has 1 aromatic rings. The number of rotatable bonds is 6. The fourth-order valence-electron chi connectivity index (χ4n) is 1.65. The van der Waals surface area contributed by atoms with E-state index in [9.17, 15) is 4.79 Å². The molecule has 0 radical (unpaired) electrons. The lowest BCUT2D eigenvalue weighted by atomic mass is 10.1. The van der Waals surface area contributed by atoms with E-state index in [1.54, 1.807) is 6.20 Å². The van der Waals surface area contributed by atoms with Gasteiger partial charge in [-0.05, 0) is 17.9 Å². The molecule has 0 aliphatic heterocycles. The Kier molecular flexibility index (Phi) is 5.94. The van der Waals surface area contributed by atoms with Gasteiger partial charge >= 0.3 is 6.03 Å². The molecule has 0 bridgehead atoms. The lowest BCUT2D eigenvalue weighted by molar-refractivity contribution is 0.234. The van der Waals surface area contributed by atoms with Crippen LogP contribution in [0.25, 0.3) is 0 Å². The van der Waals surface area contributed by atoms with Gasteiger partial charge in [-0.15, -0.1) is 6.42 Å². The first-order valence-corrected chi connectivity index (χ1v) is 6.50. The lowest BCUT2D eigenvalue weighted by Crippen LogP contribution is -2.45. The van der Waals surface area contributed by atoms with Crippen LogP contribution in [0.4, 0.5) is 4.79 Å². The van der Waals surface area contributed by atoms with Crippen molar-refractivity contribution >= 4 is 6.03 Å². The monoisotopic (exact) mass is 262 g/mol. The Morgan fingerprint density at radius 1 is 1.47 bits per heavy atom. The zero-order valence-electron chi connectivity index (χ0n) is 11.8. The molecule has 0 unspecified atom stereocenters. The highest BCUT2D eigenvalue weighted by molar-refractivity contribution is 5.74. The number of nitrogens with one attached hydrogen (secondary N) is 2. The third-order valence-electron chi connectivity index (χ3n) is 2.80. The normalized spacial score (nSPS) is 13.6. The van der Waals surface area contributed by atoms with Gasteiger partial charge in [0.15, 0.2) is 0 Å². The smallest absolute Gasteiger partial charge is 0.315 e. The third kappa shape index (κ3) is 5.47. The number of urea groups is 1. The Morgan fingerprint density at radius 3 is 2.74 bits per heavy atom. The lowest BCUT2D eigenvalue weighted by Gasteiger charge is -2.18. The van der Waals surface area contributed by atoms with Gasteiger partial charge < -0.3 is 10.6 Å². The molecular formula is C14H22N4O. The molecule has 1 aromatic heterocycles. The van der Waals surface area contributed by atoms with Gasteiger partial charge in [0.1, 0.15) is 0 Å². The molecule has 2 atom stereocenters. The highest BCUT2D eigenvalue weighted by atomic mass is 16.2. The van der Waals surface area contributed by atoms with E-state index in [4.69, 9.17) is 6.42 Å². The van der Waals surface area contributed by atoms with Gasteiger partial charge in [0.25, 0.3) is 0 Å². The first-order chi connectivity index (χ1) is 9.02. The van der Waals surface area contributed by atoms with Gasteiger partial charge in [-0.2, -0.15) is 5.10 Å². The molecule has 104 valence electrons. The second kappa shape index (κ2) is 7.47. The molecular weight excluding hydrogens is 240 g/mol. The highest BCUT2D eigenvalue weighted by Gasteiger charge is 2.13. The van der Waals surface area contributed by atoms with Gasteiger partial charge in [-0.25, -0.2) is 4.79 Å². The van der Waals surface area contributed by atoms with E-state index in [1.165, 1.54) is 0 Å². The standard InChI is InChI=1S/C14H22N4O/c1-5-13(11(2)3)17-14(19)15-9-12(4)10-18-8-6-7-16-18/h1,6-8,11-13H,9-10H2,2-4H3,(H2,15,17,19)/t12-,13-/m1/s1. The van der Waals surface area contributed by atoms with Gasteiger partial charge in [0, 0.05) is 25.5 Å². The van der Waals surface area contributed by atoms with Crippen molar-refractivity contribution in [2.45, 2.75) is 33.4 Å². The predicted octanol–water partition coefficient (Wildman–Crippen LogP) is 1.48. The van der Waals surface area contributed by atoms with Gasteiger partial charge in [-0.3, -0.25) is 4.68 Å². The Balaban J connectivity index is 2.28. The van der Waals surface area contributed by atoms with Crippen molar-refractivity contribution in [1.82, 2.24) is 20.4 Å². The molecule has 1 rings (SSSR count). The zero-order valence-corrected chi connectivity index (χ0v) is 11.8. The Bertz CT molecular complexity index is 419. The molecule has 5 heteroatoms. The number of hydrogen-bond donors (Lipinski definition) is 2. The number of terminal acetylenes is 1. The molecule has 19 heavy (non-hydrogen) atoms. The maximum absolute atomic E-state index is 11.7. The first kappa shape index (κ1) is 15.1. The van der Waals surface area contributed by atoms with E-state index >= 15 is 0 Å². The van der Waals surface area contributed by atoms with Crippen molar-refractivity contribution in [3.63, 3.8) is 0 Å². The fraction of sp³-hybridized carbons (Fsp3) is 0.571. The van der Waals surface area contributed by atoms with Crippen molar-refractivity contribution in [2.75, 3.05) is 6.54 Å². The third-order valence-corrected chi connectivity index (χ3v) is 2.80. The van der Waals surface area contributed by atoms with Gasteiger partial charge in [0.2, 0.25) is 0 Å². The van der Waals surface area contributed by atoms with Crippen LogP contribution in [0.15, 0.2) is 18.5 Å². The largest absolute Gasteiger partial charge is 0.338 e. The molecule has 0 spiro atoms. The van der Waals surface area contributed by atoms with Crippen molar-refractivity contribution < 1.29 is 4.79 Å². The molecule has 1 heterocycles. The zero-order chi connectivity index (χ0) is 14.3. The highest BCUT2D eigenvalue weighted by Crippen LogP contribution is 2.00. The number of carbonyl (C=O) groups excluding carboxylic acids is 1. The molecule has 0 saturated heterocycles. The Labute approximate surface area is 114 Å². The van der Waals surface area contributed by atoms with Crippen LogP contribution >= 0.6 is 0 Å². The summed E-state index contributed by atoms with van der Waals surface area (Å²) in [6, 6.07) is 1.43. The van der Waals surface area contributed by atoms with E-state index in [1.807, 2.05) is 30.8 Å². The Hall–Kier alpha value is -1.96. The van der Waals surface area contributed by atoms with E-state index < -0.39 is 0 Å². The van der Waals surface area contributed by atoms with Crippen LogP contribution in [0.2, 0.25) is 0 Å². The van der Waals surface area contributed by atoms with Crippen molar-refractivity contribution in [2.24, 2.45) is 11.8 Å². The van der Waals surface area contributed by atoms with Crippen LogP contribution in [0.3, 0.4) is 0 Å². The summed E-state index contributed by atoms with van der Waals surface area (Å²) in [6.45, 7) is 7.37. The predicted molar refractivity (Wildman–Crippen MR) is 75.4 cm³/mol. The van der Waals surface area contributed by atoms with E-state index in [0.717, 1.165) is 6.54 Å². The molecule has 0 saturated carbocycles. The summed E-state index contributed by atoms with van der Waals surface area (Å²) in [5.41, 5.74) is 0. The summed E-state index contributed by atoms with van der Waals surface area (Å²) in [4.78, 5) is 11.7. The minimum absolute atomic E-state index is 0.219. The Morgan fingerprint density at radius 2 is 2.21 bits per heavy atom. The first-order valence-electron chi connectivity index (χ1n) is 6.50. The number of nitrogens with zero attached hydrogens (tertiary/aromatic N) is 2. The molecule has 0 aromatic carbocycles. The van der Waals surface area contributed by atoms with E-state index in [0.29, 0.717) is 12.5 Å². The fourth-order valence-corrected chi connectivity index (χ4v) is 1.65. The van der Waals surface area contributed by atoms with Gasteiger partial charge in [0.05, 0.1) is 6.04 Å². The van der Waals surface area contributed by atoms with Crippen molar-refractivity contribution in [1.29, 1.82) is 0 Å². The minimum Gasteiger partial charge on any atom is -0.338 e. The van der Waals surface area contributed by atoms with Crippen LogP contribution in [-0.4, -0.2) is 28.4 Å². The van der Waals surface area contributed by atoms with Crippen molar-refractivity contribution in [3.8, 4) is 12.3 Å². The van der Waals surface area contributed by atoms with Crippen LogP contribution in [-0.2, 0) is 6.54 Å². The van der Waals surface area contributed by atoms with Crippen LogP contribution in [0, 0.1) is 24.2 Å². The van der Waals surface area contributed by atoms with Crippen molar-refractivity contribution in [3.05, 3.63) is 18.5 Å². The summed E-state index contributed by atoms with van der Waals surface area (Å²) < 4.78 is 1.85. The number of amides is 2. The summed E-state index contributed by atoms with van der Waals surface area (Å²) in [5.74, 6) is 3.09. The maximum Gasteiger partial charge on any atom is 0.315 e.